The van der Waals surface area contributed by atoms with Crippen molar-refractivity contribution < 1.29 is 9.59 Å². The number of piperidine rings is 2. The van der Waals surface area contributed by atoms with Gasteiger partial charge < -0.3 is 10.6 Å². The first-order chi connectivity index (χ1) is 9.06. The number of primary amides is 1. The Bertz CT molecular complexity index is 338. The molecule has 2 rings (SSSR count). The van der Waals surface area contributed by atoms with Gasteiger partial charge in [0.05, 0.1) is 6.54 Å². The minimum absolute atomic E-state index is 0.0425. The van der Waals surface area contributed by atoms with E-state index in [9.17, 15) is 9.59 Å². The predicted molar refractivity (Wildman–Crippen MR) is 73.3 cm³/mol. The molecule has 2 amide bonds. The normalized spacial score (nSPS) is 26.4. The molecule has 0 aromatic rings. The van der Waals surface area contributed by atoms with Crippen molar-refractivity contribution in [2.75, 3.05) is 32.7 Å². The molecule has 2 aliphatic rings. The summed E-state index contributed by atoms with van der Waals surface area (Å²) in [6.45, 7) is 6.20. The third-order valence-electron chi connectivity index (χ3n) is 4.35. The average Bonchev–Trinajstić information content (AvgIpc) is 2.39. The van der Waals surface area contributed by atoms with Crippen LogP contribution in [0.15, 0.2) is 0 Å². The zero-order valence-electron chi connectivity index (χ0n) is 11.8. The van der Waals surface area contributed by atoms with Crippen LogP contribution in [0, 0.1) is 11.8 Å². The van der Waals surface area contributed by atoms with E-state index < -0.39 is 0 Å². The molecule has 2 aliphatic heterocycles. The van der Waals surface area contributed by atoms with E-state index in [1.807, 2.05) is 4.90 Å². The Morgan fingerprint density at radius 1 is 1.16 bits per heavy atom. The Labute approximate surface area is 115 Å². The van der Waals surface area contributed by atoms with E-state index in [1.165, 1.54) is 12.8 Å². The fourth-order valence-corrected chi connectivity index (χ4v) is 3.14. The molecular formula is C14H25N3O2. The van der Waals surface area contributed by atoms with Gasteiger partial charge in [-0.15, -0.1) is 0 Å². The zero-order chi connectivity index (χ0) is 13.8. The van der Waals surface area contributed by atoms with Crippen molar-refractivity contribution in [3.63, 3.8) is 0 Å². The quantitative estimate of drug-likeness (QED) is 0.807. The molecule has 2 N–H and O–H groups in total. The summed E-state index contributed by atoms with van der Waals surface area (Å²) in [7, 11) is 0. The highest BCUT2D eigenvalue weighted by atomic mass is 16.2. The number of carbonyl (C=O) groups excluding carboxylic acids is 2. The summed E-state index contributed by atoms with van der Waals surface area (Å²) in [5, 5.41) is 0. The van der Waals surface area contributed by atoms with E-state index in [1.54, 1.807) is 0 Å². The monoisotopic (exact) mass is 267 g/mol. The van der Waals surface area contributed by atoms with Crippen LogP contribution < -0.4 is 5.73 Å². The van der Waals surface area contributed by atoms with Crippen LogP contribution in [0.4, 0.5) is 0 Å². The first-order valence-electron chi connectivity index (χ1n) is 7.35. The van der Waals surface area contributed by atoms with Gasteiger partial charge in [0.2, 0.25) is 11.8 Å². The van der Waals surface area contributed by atoms with Gasteiger partial charge >= 0.3 is 0 Å². The van der Waals surface area contributed by atoms with Crippen molar-refractivity contribution in [3.8, 4) is 0 Å². The zero-order valence-corrected chi connectivity index (χ0v) is 11.8. The number of nitrogens with zero attached hydrogens (tertiary/aromatic N) is 2. The maximum absolute atomic E-state index is 12.2. The van der Waals surface area contributed by atoms with Crippen LogP contribution >= 0.6 is 0 Å². The van der Waals surface area contributed by atoms with Crippen LogP contribution in [0.25, 0.3) is 0 Å². The van der Waals surface area contributed by atoms with Crippen molar-refractivity contribution in [2.45, 2.75) is 32.6 Å². The molecule has 2 fully saturated rings. The summed E-state index contributed by atoms with van der Waals surface area (Å²) >= 11 is 0. The van der Waals surface area contributed by atoms with Gasteiger partial charge in [-0.05, 0) is 38.1 Å². The lowest BCUT2D eigenvalue weighted by atomic mass is 9.96. The summed E-state index contributed by atoms with van der Waals surface area (Å²) in [5.74, 6) is 0.634. The summed E-state index contributed by atoms with van der Waals surface area (Å²) in [5.41, 5.74) is 5.30. The van der Waals surface area contributed by atoms with Crippen molar-refractivity contribution in [2.24, 2.45) is 17.6 Å². The lowest BCUT2D eigenvalue weighted by Gasteiger charge is -2.35. The van der Waals surface area contributed by atoms with E-state index in [4.69, 9.17) is 5.73 Å². The topological polar surface area (TPSA) is 66.6 Å². The van der Waals surface area contributed by atoms with E-state index >= 15 is 0 Å². The highest BCUT2D eigenvalue weighted by Crippen LogP contribution is 2.18. The maximum Gasteiger partial charge on any atom is 0.236 e. The van der Waals surface area contributed by atoms with Gasteiger partial charge in [0.15, 0.2) is 0 Å². The molecule has 2 heterocycles. The fraction of sp³-hybridized carbons (Fsp3) is 0.857. The van der Waals surface area contributed by atoms with Crippen LogP contribution in [0.1, 0.15) is 32.6 Å². The average molecular weight is 267 g/mol. The Kier molecular flexibility index (Phi) is 4.80. The molecule has 0 spiro atoms. The summed E-state index contributed by atoms with van der Waals surface area (Å²) in [4.78, 5) is 27.5. The van der Waals surface area contributed by atoms with Crippen LogP contribution in [0.2, 0.25) is 0 Å². The molecule has 108 valence electrons. The number of rotatable bonds is 3. The highest BCUT2D eigenvalue weighted by Gasteiger charge is 2.27. The lowest BCUT2D eigenvalue weighted by Crippen LogP contribution is -2.47. The van der Waals surface area contributed by atoms with E-state index in [0.717, 1.165) is 25.9 Å². The second-order valence-corrected chi connectivity index (χ2v) is 6.04. The summed E-state index contributed by atoms with van der Waals surface area (Å²) in [6, 6.07) is 0. The maximum atomic E-state index is 12.2. The van der Waals surface area contributed by atoms with E-state index in [0.29, 0.717) is 25.6 Å². The second-order valence-electron chi connectivity index (χ2n) is 6.04. The van der Waals surface area contributed by atoms with Crippen LogP contribution in [-0.4, -0.2) is 54.3 Å². The molecule has 0 saturated carbocycles. The molecule has 0 radical (unpaired) electrons. The van der Waals surface area contributed by atoms with Gasteiger partial charge in [-0.25, -0.2) is 0 Å². The van der Waals surface area contributed by atoms with Gasteiger partial charge in [0.25, 0.3) is 0 Å². The van der Waals surface area contributed by atoms with Crippen LogP contribution in [0.3, 0.4) is 0 Å². The summed E-state index contributed by atoms with van der Waals surface area (Å²) < 4.78 is 0. The largest absolute Gasteiger partial charge is 0.369 e. The highest BCUT2D eigenvalue weighted by molar-refractivity contribution is 5.80. The van der Waals surface area contributed by atoms with Crippen molar-refractivity contribution >= 4 is 11.8 Å². The van der Waals surface area contributed by atoms with E-state index in [2.05, 4.69) is 11.8 Å². The van der Waals surface area contributed by atoms with Gasteiger partial charge in [-0.2, -0.15) is 0 Å². The number of hydrogen-bond donors (Lipinski definition) is 1. The number of hydrogen-bond acceptors (Lipinski definition) is 3. The van der Waals surface area contributed by atoms with E-state index in [-0.39, 0.29) is 17.7 Å². The third-order valence-corrected chi connectivity index (χ3v) is 4.35. The molecule has 5 nitrogen and oxygen atoms in total. The molecule has 1 atom stereocenters. The first-order valence-corrected chi connectivity index (χ1v) is 7.35. The molecule has 0 aliphatic carbocycles. The Balaban J connectivity index is 1.76. The van der Waals surface area contributed by atoms with Crippen molar-refractivity contribution in [3.05, 3.63) is 0 Å². The minimum atomic E-state index is -0.225. The van der Waals surface area contributed by atoms with Gasteiger partial charge in [-0.1, -0.05) is 6.92 Å². The third kappa shape index (κ3) is 3.93. The molecular weight excluding hydrogens is 242 g/mol. The molecule has 2 saturated heterocycles. The second kappa shape index (κ2) is 6.37. The van der Waals surface area contributed by atoms with Gasteiger partial charge in [0, 0.05) is 25.6 Å². The number of amides is 2. The van der Waals surface area contributed by atoms with Crippen LogP contribution in [-0.2, 0) is 9.59 Å². The lowest BCUT2D eigenvalue weighted by molar-refractivity contribution is -0.136. The van der Waals surface area contributed by atoms with Crippen molar-refractivity contribution in [1.29, 1.82) is 0 Å². The Morgan fingerprint density at radius 2 is 1.84 bits per heavy atom. The molecule has 0 aromatic carbocycles. The summed E-state index contributed by atoms with van der Waals surface area (Å²) in [6.07, 6.45) is 3.90. The number of likely N-dealkylation sites (tertiary alicyclic amines) is 2. The molecule has 0 aromatic heterocycles. The predicted octanol–water partition coefficient (Wildman–Crippen LogP) is 0.442. The molecule has 19 heavy (non-hydrogen) atoms. The number of nitrogens with two attached hydrogens (primary N) is 1. The Morgan fingerprint density at radius 3 is 2.42 bits per heavy atom. The Hall–Kier alpha value is -1.10. The SMILES string of the molecule is C[C@@H]1CCCN(CC(=O)N2CCC(C(N)=O)CC2)C1. The molecule has 0 bridgehead atoms. The first kappa shape index (κ1) is 14.3. The van der Waals surface area contributed by atoms with Crippen LogP contribution in [0.5, 0.6) is 0 Å². The van der Waals surface area contributed by atoms with Crippen molar-refractivity contribution in [1.82, 2.24) is 9.80 Å². The molecule has 5 heteroatoms. The van der Waals surface area contributed by atoms with Gasteiger partial charge in [0.1, 0.15) is 0 Å². The fourth-order valence-electron chi connectivity index (χ4n) is 3.14. The smallest absolute Gasteiger partial charge is 0.236 e. The van der Waals surface area contributed by atoms with Gasteiger partial charge in [-0.3, -0.25) is 14.5 Å². The standard InChI is InChI=1S/C14H25N3O2/c1-11-3-2-6-16(9-11)10-13(18)17-7-4-12(5-8-17)14(15)19/h11-12H,2-10H2,1H3,(H2,15,19)/t11-/m1/s1. The number of carbonyl (C=O) groups is 2. The molecule has 0 unspecified atom stereocenters. The minimum Gasteiger partial charge on any atom is -0.369 e.